The van der Waals surface area contributed by atoms with Crippen LogP contribution >= 0.6 is 0 Å². The van der Waals surface area contributed by atoms with E-state index in [-0.39, 0.29) is 30.0 Å². The van der Waals surface area contributed by atoms with Crippen LogP contribution in [0.5, 0.6) is 5.88 Å². The van der Waals surface area contributed by atoms with Crippen LogP contribution in [0.2, 0.25) is 0 Å². The van der Waals surface area contributed by atoms with Gasteiger partial charge in [0.15, 0.2) is 5.56 Å². The quantitative estimate of drug-likeness (QED) is 0.569. The van der Waals surface area contributed by atoms with Crippen molar-refractivity contribution < 1.29 is 19.8 Å². The standard InChI is InChI=1S/C21H27N5O5/c1-12(2)10-25-19-13(3-6-16(28)24-8-7-15(27)11-24)9-22-26(19)21(31)17(20(25)30)18(29)23-14-4-5-14/h3,6,9,12,14-15,27,31H,4-5,7-8,10-11H2,1-2H3,(H,23,29). The van der Waals surface area contributed by atoms with Crippen LogP contribution in [-0.4, -0.2) is 66.3 Å². The molecule has 3 N–H and O–H groups in total. The Kier molecular flexibility index (Phi) is 5.57. The Balaban J connectivity index is 1.75. The van der Waals surface area contributed by atoms with E-state index in [1.807, 2.05) is 13.8 Å². The summed E-state index contributed by atoms with van der Waals surface area (Å²) in [6.07, 6.45) is 6.09. The summed E-state index contributed by atoms with van der Waals surface area (Å²) in [7, 11) is 0. The van der Waals surface area contributed by atoms with Gasteiger partial charge in [0.05, 0.1) is 12.3 Å². The van der Waals surface area contributed by atoms with Crippen LogP contribution in [0.3, 0.4) is 0 Å². The molecule has 1 saturated heterocycles. The Morgan fingerprint density at radius 1 is 1.32 bits per heavy atom. The molecule has 1 unspecified atom stereocenters. The van der Waals surface area contributed by atoms with Gasteiger partial charge in [-0.05, 0) is 31.3 Å². The van der Waals surface area contributed by atoms with Gasteiger partial charge in [-0.25, -0.2) is 0 Å². The molecule has 31 heavy (non-hydrogen) atoms. The van der Waals surface area contributed by atoms with Crippen LogP contribution in [0.25, 0.3) is 11.7 Å². The van der Waals surface area contributed by atoms with E-state index in [1.54, 1.807) is 4.90 Å². The minimum absolute atomic E-state index is 0.0341. The number of rotatable bonds is 6. The van der Waals surface area contributed by atoms with Gasteiger partial charge >= 0.3 is 0 Å². The third-order valence-corrected chi connectivity index (χ3v) is 5.48. The molecule has 1 saturated carbocycles. The van der Waals surface area contributed by atoms with Crippen molar-refractivity contribution in [2.24, 2.45) is 5.92 Å². The predicted octanol–water partition coefficient (Wildman–Crippen LogP) is 0.356. The number of aliphatic hydroxyl groups excluding tert-OH is 1. The maximum atomic E-state index is 13.2. The number of likely N-dealkylation sites (tertiary alicyclic amines) is 1. The number of aromatic nitrogens is 3. The first-order chi connectivity index (χ1) is 14.8. The normalized spacial score (nSPS) is 19.1. The molecule has 2 aromatic heterocycles. The smallest absolute Gasteiger partial charge is 0.270 e. The lowest BCUT2D eigenvalue weighted by atomic mass is 10.2. The second-order valence-corrected chi connectivity index (χ2v) is 8.65. The van der Waals surface area contributed by atoms with Crippen molar-refractivity contribution in [3.63, 3.8) is 0 Å². The first-order valence-corrected chi connectivity index (χ1v) is 10.6. The number of β-amino-alcohol motifs (C(OH)–C–C–N with tert-alkyl or cyclic N) is 1. The molecule has 0 bridgehead atoms. The van der Waals surface area contributed by atoms with Crippen molar-refractivity contribution in [2.75, 3.05) is 13.1 Å². The number of nitrogens with zero attached hydrogens (tertiary/aromatic N) is 4. The first-order valence-electron chi connectivity index (χ1n) is 10.6. The molecule has 0 aromatic carbocycles. The molecule has 3 heterocycles. The first kappa shape index (κ1) is 21.1. The fourth-order valence-electron chi connectivity index (χ4n) is 3.76. The van der Waals surface area contributed by atoms with E-state index in [0.29, 0.717) is 30.7 Å². The summed E-state index contributed by atoms with van der Waals surface area (Å²) in [6.45, 7) is 4.96. The van der Waals surface area contributed by atoms with Crippen molar-refractivity contribution in [3.05, 3.63) is 33.8 Å². The van der Waals surface area contributed by atoms with Crippen molar-refractivity contribution >= 4 is 23.5 Å². The van der Waals surface area contributed by atoms with E-state index in [4.69, 9.17) is 0 Å². The predicted molar refractivity (Wildman–Crippen MR) is 113 cm³/mol. The van der Waals surface area contributed by atoms with Gasteiger partial charge < -0.3 is 20.4 Å². The average Bonchev–Trinajstić information content (AvgIpc) is 3.24. The van der Waals surface area contributed by atoms with Crippen LogP contribution in [-0.2, 0) is 11.3 Å². The number of carbonyl (C=O) groups is 2. The maximum Gasteiger partial charge on any atom is 0.270 e. The monoisotopic (exact) mass is 429 g/mol. The molecule has 10 nitrogen and oxygen atoms in total. The third-order valence-electron chi connectivity index (χ3n) is 5.48. The van der Waals surface area contributed by atoms with E-state index in [1.165, 1.54) is 22.9 Å². The van der Waals surface area contributed by atoms with Gasteiger partial charge in [-0.2, -0.15) is 9.61 Å². The van der Waals surface area contributed by atoms with Crippen LogP contribution in [0.15, 0.2) is 17.1 Å². The van der Waals surface area contributed by atoms with Gasteiger partial charge in [0.2, 0.25) is 11.8 Å². The lowest BCUT2D eigenvalue weighted by Crippen LogP contribution is -2.36. The summed E-state index contributed by atoms with van der Waals surface area (Å²) >= 11 is 0. The molecule has 10 heteroatoms. The highest BCUT2D eigenvalue weighted by atomic mass is 16.3. The summed E-state index contributed by atoms with van der Waals surface area (Å²) in [6, 6.07) is 0.0341. The zero-order valence-corrected chi connectivity index (χ0v) is 17.6. The fourth-order valence-corrected chi connectivity index (χ4v) is 3.76. The Labute approximate surface area is 178 Å². The summed E-state index contributed by atoms with van der Waals surface area (Å²) in [5, 5.41) is 27.2. The number of hydrogen-bond donors (Lipinski definition) is 3. The Hall–Kier alpha value is -3.14. The Bertz CT molecular complexity index is 1110. The summed E-state index contributed by atoms with van der Waals surface area (Å²) < 4.78 is 2.58. The molecule has 2 amide bonds. The number of fused-ring (bicyclic) bond motifs is 1. The van der Waals surface area contributed by atoms with E-state index in [2.05, 4.69) is 10.4 Å². The molecular weight excluding hydrogens is 402 g/mol. The van der Waals surface area contributed by atoms with Crippen molar-refractivity contribution in [3.8, 4) is 5.88 Å². The van der Waals surface area contributed by atoms with Crippen LogP contribution in [0.1, 0.15) is 49.0 Å². The molecular formula is C21H27N5O5. The second kappa shape index (κ2) is 8.18. The van der Waals surface area contributed by atoms with Crippen LogP contribution in [0, 0.1) is 5.92 Å². The number of nitrogens with one attached hydrogen (secondary N) is 1. The maximum absolute atomic E-state index is 13.2. The van der Waals surface area contributed by atoms with Gasteiger partial charge in [-0.15, -0.1) is 0 Å². The summed E-state index contributed by atoms with van der Waals surface area (Å²) in [5.41, 5.74) is -0.151. The van der Waals surface area contributed by atoms with E-state index in [0.717, 1.165) is 17.4 Å². The molecule has 4 rings (SSSR count). The minimum atomic E-state index is -0.611. The number of carbonyl (C=O) groups excluding carboxylic acids is 2. The second-order valence-electron chi connectivity index (χ2n) is 8.65. The Morgan fingerprint density at radius 2 is 2.06 bits per heavy atom. The minimum Gasteiger partial charge on any atom is -0.492 e. The zero-order valence-electron chi connectivity index (χ0n) is 17.6. The number of hydrogen-bond acceptors (Lipinski definition) is 6. The van der Waals surface area contributed by atoms with Crippen molar-refractivity contribution in [2.45, 2.75) is 51.8 Å². The largest absolute Gasteiger partial charge is 0.492 e. The number of aromatic hydroxyl groups is 1. The topological polar surface area (TPSA) is 129 Å². The lowest BCUT2D eigenvalue weighted by molar-refractivity contribution is -0.125. The van der Waals surface area contributed by atoms with E-state index >= 15 is 0 Å². The SMILES string of the molecule is CC(C)Cn1c(=O)c(C(=O)NC2CC2)c(O)n2ncc(C=CC(=O)N3CCC(O)C3)c12. The zero-order chi connectivity index (χ0) is 22.3. The highest BCUT2D eigenvalue weighted by Gasteiger charge is 2.30. The fraction of sp³-hybridized carbons (Fsp3) is 0.524. The number of aliphatic hydroxyl groups is 1. The Morgan fingerprint density at radius 3 is 2.68 bits per heavy atom. The highest BCUT2D eigenvalue weighted by Crippen LogP contribution is 2.23. The van der Waals surface area contributed by atoms with Gasteiger partial charge in [-0.1, -0.05) is 13.8 Å². The molecule has 2 aliphatic rings. The average molecular weight is 429 g/mol. The van der Waals surface area contributed by atoms with Gasteiger partial charge in [0, 0.05) is 37.3 Å². The number of amides is 2. The van der Waals surface area contributed by atoms with E-state index in [9.17, 15) is 24.6 Å². The molecule has 1 aliphatic heterocycles. The molecule has 2 fully saturated rings. The molecule has 1 aliphatic carbocycles. The van der Waals surface area contributed by atoms with E-state index < -0.39 is 23.5 Å². The third kappa shape index (κ3) is 4.20. The van der Waals surface area contributed by atoms with Crippen LogP contribution in [0.4, 0.5) is 0 Å². The summed E-state index contributed by atoms with van der Waals surface area (Å²) in [5.74, 6) is -1.30. The molecule has 0 radical (unpaired) electrons. The summed E-state index contributed by atoms with van der Waals surface area (Å²) in [4.78, 5) is 39.7. The van der Waals surface area contributed by atoms with Gasteiger partial charge in [0.1, 0.15) is 5.65 Å². The molecule has 0 spiro atoms. The van der Waals surface area contributed by atoms with Crippen molar-refractivity contribution in [1.29, 1.82) is 0 Å². The molecule has 166 valence electrons. The van der Waals surface area contributed by atoms with Gasteiger partial charge in [-0.3, -0.25) is 19.0 Å². The molecule has 2 aromatic rings. The lowest BCUT2D eigenvalue weighted by Gasteiger charge is -2.15. The molecule has 1 atom stereocenters. The highest BCUT2D eigenvalue weighted by molar-refractivity contribution is 5.97. The van der Waals surface area contributed by atoms with Crippen LogP contribution < -0.4 is 10.9 Å². The van der Waals surface area contributed by atoms with Crippen molar-refractivity contribution in [1.82, 2.24) is 24.4 Å². The van der Waals surface area contributed by atoms with Gasteiger partial charge in [0.25, 0.3) is 11.5 Å².